The van der Waals surface area contributed by atoms with E-state index in [0.29, 0.717) is 25.9 Å². The summed E-state index contributed by atoms with van der Waals surface area (Å²) in [6.45, 7) is 7.40. The van der Waals surface area contributed by atoms with E-state index in [1.165, 1.54) is 0 Å². The van der Waals surface area contributed by atoms with Gasteiger partial charge in [0.25, 0.3) is 6.29 Å². The Balaban J connectivity index is 3.73. The zero-order chi connectivity index (χ0) is 11.5. The van der Waals surface area contributed by atoms with Crippen molar-refractivity contribution in [2.45, 2.75) is 59.0 Å². The first-order valence-electron chi connectivity index (χ1n) is 6.06. The van der Waals surface area contributed by atoms with Crippen LogP contribution >= 0.6 is 0 Å². The first-order chi connectivity index (χ1) is 7.26. The second-order valence-electron chi connectivity index (χ2n) is 3.65. The molecule has 1 unspecified atom stereocenters. The molecule has 1 radical (unpaired) electrons. The Morgan fingerprint density at radius 2 is 1.47 bits per heavy atom. The number of rotatable bonds is 10. The number of hydrogen-bond donors (Lipinski definition) is 1. The summed E-state index contributed by atoms with van der Waals surface area (Å²) >= 11 is 0. The first-order valence-corrected chi connectivity index (χ1v) is 6.06. The van der Waals surface area contributed by atoms with Gasteiger partial charge in [-0.15, -0.1) is 0 Å². The van der Waals surface area contributed by atoms with E-state index < -0.39 is 6.10 Å². The van der Waals surface area contributed by atoms with Crippen LogP contribution in [-0.4, -0.2) is 24.4 Å². The van der Waals surface area contributed by atoms with Crippen molar-refractivity contribution in [3.8, 4) is 0 Å². The molecule has 3 heteroatoms. The molecule has 0 aromatic carbocycles. The predicted molar refractivity (Wildman–Crippen MR) is 61.3 cm³/mol. The molecule has 0 fully saturated rings. The number of ether oxygens (including phenoxy) is 2. The summed E-state index contributed by atoms with van der Waals surface area (Å²) in [5, 5.41) is 9.63. The molecule has 0 amide bonds. The minimum atomic E-state index is -0.585. The van der Waals surface area contributed by atoms with Crippen molar-refractivity contribution >= 4 is 0 Å². The number of hydrogen-bond acceptors (Lipinski definition) is 3. The molecule has 1 N–H and O–H groups in total. The van der Waals surface area contributed by atoms with Crippen LogP contribution < -0.4 is 0 Å². The largest absolute Gasteiger partial charge is 0.387 e. The fourth-order valence-electron chi connectivity index (χ4n) is 1.03. The van der Waals surface area contributed by atoms with Gasteiger partial charge >= 0.3 is 0 Å². The van der Waals surface area contributed by atoms with Crippen LogP contribution in [0.2, 0.25) is 0 Å². The molecule has 3 nitrogen and oxygen atoms in total. The van der Waals surface area contributed by atoms with Gasteiger partial charge in [0.05, 0.1) is 13.2 Å². The van der Waals surface area contributed by atoms with E-state index in [9.17, 15) is 5.11 Å². The van der Waals surface area contributed by atoms with Crippen LogP contribution in [0.5, 0.6) is 0 Å². The maximum atomic E-state index is 9.63. The standard InChI is InChI=1S/C12H25O3/c1-4-7-9-14-12(11(13)6-3)15-10-8-5-2/h11,13H,4-10H2,1-3H3. The zero-order valence-corrected chi connectivity index (χ0v) is 10.3. The van der Waals surface area contributed by atoms with Crippen molar-refractivity contribution in [3.05, 3.63) is 6.29 Å². The maximum Gasteiger partial charge on any atom is 0.253 e. The van der Waals surface area contributed by atoms with Gasteiger partial charge in [-0.1, -0.05) is 33.6 Å². The monoisotopic (exact) mass is 217 g/mol. The lowest BCUT2D eigenvalue weighted by atomic mass is 10.2. The first kappa shape index (κ1) is 14.9. The third-order valence-electron chi connectivity index (χ3n) is 2.14. The Hall–Kier alpha value is -0.120. The van der Waals surface area contributed by atoms with E-state index >= 15 is 0 Å². The smallest absolute Gasteiger partial charge is 0.253 e. The van der Waals surface area contributed by atoms with E-state index in [2.05, 4.69) is 13.8 Å². The summed E-state index contributed by atoms with van der Waals surface area (Å²) in [6.07, 6.45) is 4.62. The Kier molecular flexibility index (Phi) is 10.3. The molecule has 0 heterocycles. The summed E-state index contributed by atoms with van der Waals surface area (Å²) in [5.41, 5.74) is 0. The van der Waals surface area contributed by atoms with Crippen LogP contribution in [0.15, 0.2) is 0 Å². The van der Waals surface area contributed by atoms with Crippen molar-refractivity contribution in [1.82, 2.24) is 0 Å². The summed E-state index contributed by atoms with van der Waals surface area (Å²) < 4.78 is 10.9. The zero-order valence-electron chi connectivity index (χ0n) is 10.3. The molecule has 0 aliphatic heterocycles. The average Bonchev–Trinajstić information content (AvgIpc) is 2.26. The number of unbranched alkanes of at least 4 members (excludes halogenated alkanes) is 2. The van der Waals surface area contributed by atoms with Gasteiger partial charge in [0.15, 0.2) is 0 Å². The van der Waals surface area contributed by atoms with Crippen LogP contribution in [-0.2, 0) is 9.47 Å². The average molecular weight is 217 g/mol. The minimum Gasteiger partial charge on any atom is -0.387 e. The van der Waals surface area contributed by atoms with Gasteiger partial charge in [-0.2, -0.15) is 0 Å². The lowest BCUT2D eigenvalue weighted by molar-refractivity contribution is -0.105. The maximum absolute atomic E-state index is 9.63. The molecular formula is C12H25O3. The third kappa shape index (κ3) is 7.77. The van der Waals surface area contributed by atoms with E-state index in [1.54, 1.807) is 0 Å². The van der Waals surface area contributed by atoms with Crippen molar-refractivity contribution in [2.24, 2.45) is 0 Å². The minimum absolute atomic E-state index is 0.402. The van der Waals surface area contributed by atoms with E-state index in [4.69, 9.17) is 9.47 Å². The second kappa shape index (κ2) is 10.4. The topological polar surface area (TPSA) is 38.7 Å². The molecule has 0 bridgehead atoms. The Morgan fingerprint density at radius 1 is 1.00 bits per heavy atom. The van der Waals surface area contributed by atoms with Gasteiger partial charge in [0, 0.05) is 0 Å². The third-order valence-corrected chi connectivity index (χ3v) is 2.14. The molecule has 0 aromatic heterocycles. The van der Waals surface area contributed by atoms with Gasteiger partial charge in [-0.3, -0.25) is 0 Å². The van der Waals surface area contributed by atoms with Gasteiger partial charge < -0.3 is 14.6 Å². The molecular weight excluding hydrogens is 192 g/mol. The van der Waals surface area contributed by atoms with E-state index in [1.807, 2.05) is 6.92 Å². The van der Waals surface area contributed by atoms with Crippen molar-refractivity contribution < 1.29 is 14.6 Å². The van der Waals surface area contributed by atoms with Gasteiger partial charge in [-0.25, -0.2) is 0 Å². The summed E-state index contributed by atoms with van der Waals surface area (Å²) in [5.74, 6) is 0. The molecule has 0 aromatic rings. The van der Waals surface area contributed by atoms with Crippen LogP contribution in [0.25, 0.3) is 0 Å². The van der Waals surface area contributed by atoms with Crippen molar-refractivity contribution in [3.63, 3.8) is 0 Å². The normalized spacial score (nSPS) is 13.4. The molecule has 91 valence electrons. The second-order valence-corrected chi connectivity index (χ2v) is 3.65. The molecule has 0 rings (SSSR count). The molecule has 0 aliphatic rings. The lowest BCUT2D eigenvalue weighted by Crippen LogP contribution is -2.24. The van der Waals surface area contributed by atoms with Gasteiger partial charge in [0.2, 0.25) is 0 Å². The summed E-state index contributed by atoms with van der Waals surface area (Å²) in [6, 6.07) is 0. The molecule has 0 saturated carbocycles. The van der Waals surface area contributed by atoms with Gasteiger partial charge in [-0.05, 0) is 19.3 Å². The highest BCUT2D eigenvalue weighted by molar-refractivity contribution is 4.75. The SMILES string of the molecule is CCCCO[C](OCCCC)C(O)CC. The molecule has 0 aliphatic carbocycles. The van der Waals surface area contributed by atoms with Gasteiger partial charge in [0.1, 0.15) is 6.10 Å². The fourth-order valence-corrected chi connectivity index (χ4v) is 1.03. The highest BCUT2D eigenvalue weighted by Crippen LogP contribution is 2.15. The highest BCUT2D eigenvalue weighted by atomic mass is 16.7. The summed E-state index contributed by atoms with van der Waals surface area (Å²) in [7, 11) is 0. The Morgan fingerprint density at radius 3 is 1.80 bits per heavy atom. The van der Waals surface area contributed by atoms with E-state index in [0.717, 1.165) is 25.7 Å². The number of aliphatic hydroxyl groups is 1. The number of aliphatic hydroxyl groups excluding tert-OH is 1. The molecule has 0 spiro atoms. The lowest BCUT2D eigenvalue weighted by Gasteiger charge is -2.20. The van der Waals surface area contributed by atoms with E-state index in [-0.39, 0.29) is 0 Å². The quantitative estimate of drug-likeness (QED) is 0.572. The fraction of sp³-hybridized carbons (Fsp3) is 0.917. The molecule has 15 heavy (non-hydrogen) atoms. The summed E-state index contributed by atoms with van der Waals surface area (Å²) in [4.78, 5) is 0. The van der Waals surface area contributed by atoms with Crippen molar-refractivity contribution in [2.75, 3.05) is 13.2 Å². The van der Waals surface area contributed by atoms with Crippen LogP contribution in [0.4, 0.5) is 0 Å². The predicted octanol–water partition coefficient (Wildman–Crippen LogP) is 2.88. The Labute approximate surface area is 93.8 Å². The van der Waals surface area contributed by atoms with Crippen LogP contribution in [0, 0.1) is 6.29 Å². The highest BCUT2D eigenvalue weighted by Gasteiger charge is 2.20. The van der Waals surface area contributed by atoms with Crippen LogP contribution in [0.3, 0.4) is 0 Å². The molecule has 0 saturated heterocycles. The Bertz CT molecular complexity index is 118. The van der Waals surface area contributed by atoms with Crippen molar-refractivity contribution in [1.29, 1.82) is 0 Å². The molecule has 1 atom stereocenters. The van der Waals surface area contributed by atoms with Crippen LogP contribution in [0.1, 0.15) is 52.9 Å².